The van der Waals surface area contributed by atoms with E-state index < -0.39 is 0 Å². The minimum atomic E-state index is 0. The third kappa shape index (κ3) is 1.67. The molecule has 0 saturated carbocycles. The molecule has 1 aromatic rings. The van der Waals surface area contributed by atoms with E-state index in [1.165, 1.54) is 0 Å². The first kappa shape index (κ1) is 8.43. The summed E-state index contributed by atoms with van der Waals surface area (Å²) in [5, 5.41) is 4.05. The first-order valence-electron chi connectivity index (χ1n) is 2.99. The summed E-state index contributed by atoms with van der Waals surface area (Å²) in [6.07, 6.45) is 5.72. The Morgan fingerprint density at radius 2 is 2.09 bits per heavy atom. The van der Waals surface area contributed by atoms with Gasteiger partial charge in [0.15, 0.2) is 0 Å². The number of nitrogens with zero attached hydrogens (tertiary/aromatic N) is 1. The second kappa shape index (κ2) is 3.64. The number of H-pyrrole nitrogens is 1. The smallest absolute Gasteiger partial charge is 0.0931 e. The molecule has 0 spiro atoms. The van der Waals surface area contributed by atoms with Gasteiger partial charge in [0.1, 0.15) is 0 Å². The number of fused-ring (bicyclic) bond motifs is 1. The Hall–Kier alpha value is -0.670. The molecule has 58 valence electrons. The topological polar surface area (TPSA) is 28.7 Å². The zero-order valence-electron chi connectivity index (χ0n) is 5.65. The quantitative estimate of drug-likeness (QED) is 0.675. The van der Waals surface area contributed by atoms with Crippen LogP contribution in [0.3, 0.4) is 0 Å². The molecular formula is C7H7ClN2S. The number of imidazole rings is 1. The minimum absolute atomic E-state index is 0. The van der Waals surface area contributed by atoms with E-state index in [1.807, 2.05) is 23.0 Å². The second-order valence-corrected chi connectivity index (χ2v) is 2.76. The van der Waals surface area contributed by atoms with Gasteiger partial charge < -0.3 is 4.98 Å². The summed E-state index contributed by atoms with van der Waals surface area (Å²) < 4.78 is 0. The molecule has 11 heavy (non-hydrogen) atoms. The maximum atomic E-state index is 4.11. The molecule has 0 atom stereocenters. The number of nitrogens with one attached hydrogen (secondary N) is 1. The Morgan fingerprint density at radius 1 is 1.27 bits per heavy atom. The van der Waals surface area contributed by atoms with Gasteiger partial charge in [0.05, 0.1) is 17.7 Å². The molecule has 1 aromatic heterocycles. The molecule has 0 bridgehead atoms. The average molecular weight is 187 g/mol. The number of aromatic nitrogens is 2. The summed E-state index contributed by atoms with van der Waals surface area (Å²) >= 11 is 1.66. The van der Waals surface area contributed by atoms with Crippen LogP contribution in [0.4, 0.5) is 0 Å². The lowest BCUT2D eigenvalue weighted by Gasteiger charge is -1.83. The monoisotopic (exact) mass is 186 g/mol. The van der Waals surface area contributed by atoms with Crippen LogP contribution in [0.25, 0.3) is 12.2 Å². The third-order valence-corrected chi connectivity index (χ3v) is 1.90. The Balaban J connectivity index is 0.000000605. The van der Waals surface area contributed by atoms with Gasteiger partial charge in [-0.05, 0) is 23.0 Å². The van der Waals surface area contributed by atoms with Gasteiger partial charge >= 0.3 is 0 Å². The highest BCUT2D eigenvalue weighted by Crippen LogP contribution is 2.17. The van der Waals surface area contributed by atoms with Gasteiger partial charge in [-0.1, -0.05) is 0 Å². The molecule has 0 aromatic carbocycles. The Labute approximate surface area is 75.2 Å². The van der Waals surface area contributed by atoms with Crippen molar-refractivity contribution < 1.29 is 0 Å². The van der Waals surface area contributed by atoms with Crippen molar-refractivity contribution in [2.75, 3.05) is 0 Å². The standard InChI is InChI=1S/C7H6N2S.ClH/c1-3-10-4-2-7-6(1)8-5-9-7;/h1-5H,(H,8,9);1H. The van der Waals surface area contributed by atoms with E-state index in [1.54, 1.807) is 18.1 Å². The first-order valence-corrected chi connectivity index (χ1v) is 3.93. The molecule has 0 aliphatic carbocycles. The molecular weight excluding hydrogens is 180 g/mol. The first-order chi connectivity index (χ1) is 4.97. The van der Waals surface area contributed by atoms with Gasteiger partial charge in [0.25, 0.3) is 0 Å². The number of hydrogen-bond acceptors (Lipinski definition) is 2. The van der Waals surface area contributed by atoms with Crippen molar-refractivity contribution in [3.05, 3.63) is 28.5 Å². The van der Waals surface area contributed by atoms with E-state index in [2.05, 4.69) is 9.97 Å². The highest BCUT2D eigenvalue weighted by atomic mass is 35.5. The average Bonchev–Trinajstić information content (AvgIpc) is 2.28. The highest BCUT2D eigenvalue weighted by molar-refractivity contribution is 8.05. The normalized spacial score (nSPS) is 13.5. The fourth-order valence-electron chi connectivity index (χ4n) is 0.838. The number of rotatable bonds is 0. The van der Waals surface area contributed by atoms with E-state index in [0.29, 0.717) is 0 Å². The van der Waals surface area contributed by atoms with Crippen LogP contribution in [0.2, 0.25) is 0 Å². The summed E-state index contributed by atoms with van der Waals surface area (Å²) in [6, 6.07) is 0. The van der Waals surface area contributed by atoms with Gasteiger partial charge in [-0.15, -0.1) is 24.2 Å². The lowest BCUT2D eigenvalue weighted by atomic mass is 10.3. The summed E-state index contributed by atoms with van der Waals surface area (Å²) in [6.45, 7) is 0. The molecule has 2 rings (SSSR count). The predicted octanol–water partition coefficient (Wildman–Crippen LogP) is 2.52. The van der Waals surface area contributed by atoms with Crippen molar-refractivity contribution >= 4 is 36.3 Å². The van der Waals surface area contributed by atoms with Gasteiger partial charge in [0.2, 0.25) is 0 Å². The summed E-state index contributed by atoms with van der Waals surface area (Å²) in [5.74, 6) is 0. The summed E-state index contributed by atoms with van der Waals surface area (Å²) in [5.41, 5.74) is 2.10. The van der Waals surface area contributed by atoms with Crippen LogP contribution in [0.15, 0.2) is 17.1 Å². The number of thioether (sulfide) groups is 1. The summed E-state index contributed by atoms with van der Waals surface area (Å²) in [7, 11) is 0. The minimum Gasteiger partial charge on any atom is -0.345 e. The van der Waals surface area contributed by atoms with Gasteiger partial charge in [0, 0.05) is 0 Å². The predicted molar refractivity (Wildman–Crippen MR) is 51.5 cm³/mol. The largest absolute Gasteiger partial charge is 0.345 e. The molecule has 1 aliphatic rings. The van der Waals surface area contributed by atoms with Crippen LogP contribution >= 0.6 is 24.2 Å². The zero-order valence-corrected chi connectivity index (χ0v) is 7.28. The van der Waals surface area contributed by atoms with Gasteiger partial charge in [-0.25, -0.2) is 4.98 Å². The van der Waals surface area contributed by atoms with E-state index in [-0.39, 0.29) is 12.4 Å². The molecule has 0 unspecified atom stereocenters. The highest BCUT2D eigenvalue weighted by Gasteiger charge is 1.98. The van der Waals surface area contributed by atoms with Crippen LogP contribution in [0, 0.1) is 0 Å². The number of aromatic amines is 1. The molecule has 1 aliphatic heterocycles. The third-order valence-electron chi connectivity index (χ3n) is 1.32. The van der Waals surface area contributed by atoms with E-state index in [0.717, 1.165) is 11.4 Å². The molecule has 1 N–H and O–H groups in total. The van der Waals surface area contributed by atoms with E-state index >= 15 is 0 Å². The fourth-order valence-corrected chi connectivity index (χ4v) is 1.35. The second-order valence-electron chi connectivity index (χ2n) is 1.94. The van der Waals surface area contributed by atoms with Crippen LogP contribution in [0.5, 0.6) is 0 Å². The van der Waals surface area contributed by atoms with Crippen LogP contribution in [0.1, 0.15) is 11.4 Å². The van der Waals surface area contributed by atoms with E-state index in [4.69, 9.17) is 0 Å². The Kier molecular flexibility index (Phi) is 2.79. The molecule has 0 saturated heterocycles. The molecule has 2 nitrogen and oxygen atoms in total. The van der Waals surface area contributed by atoms with Crippen molar-refractivity contribution in [2.45, 2.75) is 0 Å². The van der Waals surface area contributed by atoms with Crippen molar-refractivity contribution in [3.63, 3.8) is 0 Å². The Morgan fingerprint density at radius 3 is 3.00 bits per heavy atom. The van der Waals surface area contributed by atoms with Crippen molar-refractivity contribution in [3.8, 4) is 0 Å². The summed E-state index contributed by atoms with van der Waals surface area (Å²) in [4.78, 5) is 7.14. The lowest BCUT2D eigenvalue weighted by Crippen LogP contribution is -1.73. The fraction of sp³-hybridized carbons (Fsp3) is 0. The van der Waals surface area contributed by atoms with Crippen molar-refractivity contribution in [1.29, 1.82) is 0 Å². The SMILES string of the molecule is C1=Cc2nc[nH]c2C=CS1.Cl. The van der Waals surface area contributed by atoms with Crippen LogP contribution < -0.4 is 0 Å². The van der Waals surface area contributed by atoms with Crippen LogP contribution in [-0.2, 0) is 0 Å². The maximum absolute atomic E-state index is 4.11. The molecule has 0 fully saturated rings. The van der Waals surface area contributed by atoms with Crippen molar-refractivity contribution in [1.82, 2.24) is 9.97 Å². The maximum Gasteiger partial charge on any atom is 0.0931 e. The van der Waals surface area contributed by atoms with E-state index in [9.17, 15) is 0 Å². The van der Waals surface area contributed by atoms with Gasteiger partial charge in [-0.3, -0.25) is 0 Å². The lowest BCUT2D eigenvalue weighted by molar-refractivity contribution is 1.30. The molecule has 2 heterocycles. The molecule has 4 heteroatoms. The number of halogens is 1. The molecule has 0 radical (unpaired) electrons. The zero-order chi connectivity index (χ0) is 6.81. The van der Waals surface area contributed by atoms with Gasteiger partial charge in [-0.2, -0.15) is 0 Å². The number of hydrogen-bond donors (Lipinski definition) is 1. The Bertz CT molecular complexity index is 264. The molecule has 0 amide bonds. The van der Waals surface area contributed by atoms with Crippen LogP contribution in [-0.4, -0.2) is 9.97 Å². The van der Waals surface area contributed by atoms with Crippen molar-refractivity contribution in [2.24, 2.45) is 0 Å².